The van der Waals surface area contributed by atoms with E-state index >= 15 is 0 Å². The highest BCUT2D eigenvalue weighted by Gasteiger charge is 2.25. The summed E-state index contributed by atoms with van der Waals surface area (Å²) in [7, 11) is 0. The third kappa shape index (κ3) is 2.77. The average molecular weight is 226 g/mol. The van der Waals surface area contributed by atoms with Gasteiger partial charge in [0.1, 0.15) is 0 Å². The molecule has 1 aliphatic heterocycles. The van der Waals surface area contributed by atoms with Crippen LogP contribution in [-0.4, -0.2) is 34.2 Å². The second kappa shape index (κ2) is 4.60. The Bertz CT molecular complexity index is 324. The van der Waals surface area contributed by atoms with Crippen molar-refractivity contribution < 1.29 is 5.11 Å². The maximum Gasteiger partial charge on any atom is 0.0897 e. The van der Waals surface area contributed by atoms with Gasteiger partial charge in [-0.15, -0.1) is 11.3 Å². The lowest BCUT2D eigenvalue weighted by Gasteiger charge is -2.16. The molecule has 1 aliphatic rings. The molecule has 0 bridgehead atoms. The SMILES string of the molecule is Cc1ncc(CN2CCC(C(C)O)C2)s1. The van der Waals surface area contributed by atoms with E-state index in [1.807, 2.05) is 20.0 Å². The Balaban J connectivity index is 1.87. The topological polar surface area (TPSA) is 36.4 Å². The molecule has 2 unspecified atom stereocenters. The van der Waals surface area contributed by atoms with Crippen LogP contribution in [0.2, 0.25) is 0 Å². The lowest BCUT2D eigenvalue weighted by Crippen LogP contribution is -2.23. The summed E-state index contributed by atoms with van der Waals surface area (Å²) in [6.07, 6.45) is 2.92. The largest absolute Gasteiger partial charge is 0.393 e. The number of hydrogen-bond donors (Lipinski definition) is 1. The number of nitrogens with zero attached hydrogens (tertiary/aromatic N) is 2. The number of aryl methyl sites for hydroxylation is 1. The molecule has 1 aromatic heterocycles. The molecule has 2 rings (SSSR count). The number of aliphatic hydroxyl groups excluding tert-OH is 1. The summed E-state index contributed by atoms with van der Waals surface area (Å²) < 4.78 is 0. The molecule has 15 heavy (non-hydrogen) atoms. The van der Waals surface area contributed by atoms with E-state index < -0.39 is 0 Å². The summed E-state index contributed by atoms with van der Waals surface area (Å²) in [4.78, 5) is 7.99. The fourth-order valence-corrected chi connectivity index (χ4v) is 2.94. The van der Waals surface area contributed by atoms with Gasteiger partial charge in [0.15, 0.2) is 0 Å². The van der Waals surface area contributed by atoms with Gasteiger partial charge in [-0.05, 0) is 32.7 Å². The molecule has 3 nitrogen and oxygen atoms in total. The summed E-state index contributed by atoms with van der Waals surface area (Å²) >= 11 is 1.77. The van der Waals surface area contributed by atoms with Crippen molar-refractivity contribution in [2.24, 2.45) is 5.92 Å². The molecule has 1 fully saturated rings. The fraction of sp³-hybridized carbons (Fsp3) is 0.727. The Morgan fingerprint density at radius 3 is 3.07 bits per heavy atom. The molecule has 1 aromatic rings. The maximum atomic E-state index is 9.50. The van der Waals surface area contributed by atoms with Gasteiger partial charge in [-0.1, -0.05) is 0 Å². The number of aromatic nitrogens is 1. The van der Waals surface area contributed by atoms with Gasteiger partial charge < -0.3 is 5.11 Å². The van der Waals surface area contributed by atoms with Crippen molar-refractivity contribution in [1.29, 1.82) is 0 Å². The van der Waals surface area contributed by atoms with Gasteiger partial charge in [-0.3, -0.25) is 4.90 Å². The minimum atomic E-state index is -0.168. The minimum Gasteiger partial charge on any atom is -0.393 e. The van der Waals surface area contributed by atoms with Crippen LogP contribution in [0.25, 0.3) is 0 Å². The first-order valence-electron chi connectivity index (χ1n) is 5.47. The molecule has 0 aromatic carbocycles. The van der Waals surface area contributed by atoms with Crippen LogP contribution in [0.15, 0.2) is 6.20 Å². The standard InChI is InChI=1S/C11H18N2OS/c1-8(14)10-3-4-13(6-10)7-11-5-12-9(2)15-11/h5,8,10,14H,3-4,6-7H2,1-2H3. The normalized spacial score (nSPS) is 24.6. The van der Waals surface area contributed by atoms with Crippen molar-refractivity contribution in [3.8, 4) is 0 Å². The van der Waals surface area contributed by atoms with Crippen LogP contribution >= 0.6 is 11.3 Å². The first-order valence-corrected chi connectivity index (χ1v) is 6.28. The van der Waals surface area contributed by atoms with E-state index in [0.717, 1.165) is 31.1 Å². The number of rotatable bonds is 3. The summed E-state index contributed by atoms with van der Waals surface area (Å²) in [5, 5.41) is 10.6. The van der Waals surface area contributed by atoms with Crippen LogP contribution in [0.4, 0.5) is 0 Å². The summed E-state index contributed by atoms with van der Waals surface area (Å²) in [6.45, 7) is 7.05. The zero-order valence-corrected chi connectivity index (χ0v) is 10.1. The molecule has 0 radical (unpaired) electrons. The number of aliphatic hydroxyl groups is 1. The molecule has 2 atom stereocenters. The van der Waals surface area contributed by atoms with Crippen LogP contribution in [0.5, 0.6) is 0 Å². The zero-order chi connectivity index (χ0) is 10.8. The molecule has 1 saturated heterocycles. The van der Waals surface area contributed by atoms with Crippen LogP contribution in [0.1, 0.15) is 23.2 Å². The average Bonchev–Trinajstić information content (AvgIpc) is 2.76. The fourth-order valence-electron chi connectivity index (χ4n) is 2.10. The maximum absolute atomic E-state index is 9.50. The van der Waals surface area contributed by atoms with Gasteiger partial charge in [0, 0.05) is 24.2 Å². The number of thiazole rings is 1. The summed E-state index contributed by atoms with van der Waals surface area (Å²) in [6, 6.07) is 0. The monoisotopic (exact) mass is 226 g/mol. The van der Waals surface area contributed by atoms with Crippen molar-refractivity contribution in [3.05, 3.63) is 16.1 Å². The zero-order valence-electron chi connectivity index (χ0n) is 9.31. The lowest BCUT2D eigenvalue weighted by atomic mass is 10.0. The van der Waals surface area contributed by atoms with Gasteiger partial charge in [-0.2, -0.15) is 0 Å². The van der Waals surface area contributed by atoms with Crippen LogP contribution < -0.4 is 0 Å². The van der Waals surface area contributed by atoms with Crippen LogP contribution in [0.3, 0.4) is 0 Å². The highest BCUT2D eigenvalue weighted by molar-refractivity contribution is 7.11. The third-order valence-corrected chi connectivity index (χ3v) is 3.94. The Morgan fingerprint density at radius 1 is 1.73 bits per heavy atom. The van der Waals surface area contributed by atoms with E-state index in [4.69, 9.17) is 0 Å². The molecule has 0 amide bonds. The van der Waals surface area contributed by atoms with Crippen molar-refractivity contribution >= 4 is 11.3 Å². The van der Waals surface area contributed by atoms with E-state index in [2.05, 4.69) is 9.88 Å². The highest BCUT2D eigenvalue weighted by Crippen LogP contribution is 2.23. The second-order valence-electron chi connectivity index (χ2n) is 4.37. The van der Waals surface area contributed by atoms with Gasteiger partial charge in [0.2, 0.25) is 0 Å². The molecule has 4 heteroatoms. The van der Waals surface area contributed by atoms with Crippen LogP contribution in [0, 0.1) is 12.8 Å². The molecule has 2 heterocycles. The van der Waals surface area contributed by atoms with E-state index in [1.165, 1.54) is 4.88 Å². The van der Waals surface area contributed by atoms with E-state index in [0.29, 0.717) is 5.92 Å². The third-order valence-electron chi connectivity index (χ3n) is 3.04. The number of likely N-dealkylation sites (tertiary alicyclic amines) is 1. The smallest absolute Gasteiger partial charge is 0.0897 e. The van der Waals surface area contributed by atoms with Crippen molar-refractivity contribution in [2.45, 2.75) is 32.9 Å². The predicted molar refractivity (Wildman–Crippen MR) is 61.9 cm³/mol. The summed E-state index contributed by atoms with van der Waals surface area (Å²) in [5.74, 6) is 0.457. The van der Waals surface area contributed by atoms with Crippen LogP contribution in [-0.2, 0) is 6.54 Å². The lowest BCUT2D eigenvalue weighted by molar-refractivity contribution is 0.127. The quantitative estimate of drug-likeness (QED) is 0.851. The number of hydrogen-bond acceptors (Lipinski definition) is 4. The van der Waals surface area contributed by atoms with E-state index in [-0.39, 0.29) is 6.10 Å². The van der Waals surface area contributed by atoms with Crippen molar-refractivity contribution in [1.82, 2.24) is 9.88 Å². The minimum absolute atomic E-state index is 0.168. The van der Waals surface area contributed by atoms with E-state index in [1.54, 1.807) is 11.3 Å². The molecular formula is C11H18N2OS. The molecule has 0 aliphatic carbocycles. The molecule has 0 spiro atoms. The Kier molecular flexibility index (Phi) is 3.38. The van der Waals surface area contributed by atoms with E-state index in [9.17, 15) is 5.11 Å². The Morgan fingerprint density at radius 2 is 2.53 bits per heavy atom. The van der Waals surface area contributed by atoms with Crippen molar-refractivity contribution in [3.63, 3.8) is 0 Å². The predicted octanol–water partition coefficient (Wildman–Crippen LogP) is 1.65. The molecule has 84 valence electrons. The second-order valence-corrected chi connectivity index (χ2v) is 5.69. The molecule has 1 N–H and O–H groups in total. The first kappa shape index (κ1) is 11.0. The first-order chi connectivity index (χ1) is 7.15. The van der Waals surface area contributed by atoms with Gasteiger partial charge in [0.05, 0.1) is 11.1 Å². The molecule has 0 saturated carbocycles. The highest BCUT2D eigenvalue weighted by atomic mass is 32.1. The van der Waals surface area contributed by atoms with Gasteiger partial charge in [0.25, 0.3) is 0 Å². The Labute approximate surface area is 94.8 Å². The Hall–Kier alpha value is -0.450. The molecular weight excluding hydrogens is 208 g/mol. The van der Waals surface area contributed by atoms with Crippen molar-refractivity contribution in [2.75, 3.05) is 13.1 Å². The van der Waals surface area contributed by atoms with Gasteiger partial charge >= 0.3 is 0 Å². The van der Waals surface area contributed by atoms with Gasteiger partial charge in [-0.25, -0.2) is 4.98 Å². The summed E-state index contributed by atoms with van der Waals surface area (Å²) in [5.41, 5.74) is 0.